The van der Waals surface area contributed by atoms with Crippen LogP contribution in [0.15, 0.2) is 40.9 Å². The molecule has 122 valence electrons. The highest BCUT2D eigenvalue weighted by atomic mass is 16.5. The summed E-state index contributed by atoms with van der Waals surface area (Å²) in [5.41, 5.74) is 4.71. The maximum Gasteiger partial charge on any atom is 0.230 e. The number of Topliss-reactive ketones (excluding diaryl/α,β-unsaturated/α-hetero) is 1. The summed E-state index contributed by atoms with van der Waals surface area (Å²) in [6.45, 7) is 5.48. The van der Waals surface area contributed by atoms with Gasteiger partial charge in [0.1, 0.15) is 5.69 Å². The van der Waals surface area contributed by atoms with Gasteiger partial charge in [0, 0.05) is 16.6 Å². The third-order valence-electron chi connectivity index (χ3n) is 3.89. The highest BCUT2D eigenvalue weighted by Gasteiger charge is 2.15. The van der Waals surface area contributed by atoms with Crippen LogP contribution in [-0.2, 0) is 11.2 Å². The van der Waals surface area contributed by atoms with E-state index in [-0.39, 0.29) is 18.1 Å². The summed E-state index contributed by atoms with van der Waals surface area (Å²) >= 11 is 0. The fourth-order valence-corrected chi connectivity index (χ4v) is 2.79. The van der Waals surface area contributed by atoms with Gasteiger partial charge in [-0.3, -0.25) is 9.59 Å². The molecular weight excluding hydrogens is 304 g/mol. The predicted molar refractivity (Wildman–Crippen MR) is 92.3 cm³/mol. The Morgan fingerprint density at radius 1 is 1.12 bits per heavy atom. The molecule has 5 heteroatoms. The molecule has 1 amide bonds. The van der Waals surface area contributed by atoms with E-state index in [1.165, 1.54) is 6.92 Å². The van der Waals surface area contributed by atoms with E-state index in [0.717, 1.165) is 16.5 Å². The number of hydrogen-bond donors (Lipinski definition) is 1. The average molecular weight is 322 g/mol. The van der Waals surface area contributed by atoms with Gasteiger partial charge in [-0.25, -0.2) is 0 Å². The van der Waals surface area contributed by atoms with Crippen LogP contribution < -0.4 is 5.32 Å². The lowest BCUT2D eigenvalue weighted by Crippen LogP contribution is -2.15. The summed E-state index contributed by atoms with van der Waals surface area (Å²) in [7, 11) is 0. The molecule has 3 rings (SSSR count). The largest absolute Gasteiger partial charge is 0.356 e. The number of amides is 1. The minimum absolute atomic E-state index is 0.00675. The zero-order valence-corrected chi connectivity index (χ0v) is 13.8. The first-order chi connectivity index (χ1) is 11.4. The molecule has 24 heavy (non-hydrogen) atoms. The van der Waals surface area contributed by atoms with Crippen LogP contribution in [0.1, 0.15) is 34.1 Å². The minimum atomic E-state index is -0.180. The molecule has 0 saturated heterocycles. The Bertz CT molecular complexity index is 924. The molecule has 0 atom stereocenters. The van der Waals surface area contributed by atoms with Gasteiger partial charge in [0.25, 0.3) is 0 Å². The molecule has 0 radical (unpaired) electrons. The fourth-order valence-electron chi connectivity index (χ4n) is 2.79. The van der Waals surface area contributed by atoms with Gasteiger partial charge in [-0.15, -0.1) is 0 Å². The van der Waals surface area contributed by atoms with Gasteiger partial charge in [0.15, 0.2) is 11.4 Å². The van der Waals surface area contributed by atoms with Crippen LogP contribution in [0.5, 0.6) is 0 Å². The number of rotatable bonds is 4. The normalized spacial score (nSPS) is 10.8. The second-order valence-electron chi connectivity index (χ2n) is 5.94. The summed E-state index contributed by atoms with van der Waals surface area (Å²) in [5, 5.41) is 7.74. The molecule has 1 N–H and O–H groups in total. The van der Waals surface area contributed by atoms with Gasteiger partial charge < -0.3 is 9.84 Å². The number of anilines is 1. The molecule has 0 bridgehead atoms. The molecule has 0 saturated carbocycles. The molecular formula is C19H18N2O3. The van der Waals surface area contributed by atoms with Crippen LogP contribution in [0.4, 0.5) is 5.69 Å². The van der Waals surface area contributed by atoms with Crippen molar-refractivity contribution in [2.75, 3.05) is 5.32 Å². The number of nitrogens with zero attached hydrogens (tertiary/aromatic N) is 1. The SMILES string of the molecule is CC(=O)c1ccc(NC(=O)Cc2noc3cc(C)cc(C)c23)cc1. The fraction of sp³-hybridized carbons (Fsp3) is 0.211. The van der Waals surface area contributed by atoms with E-state index in [2.05, 4.69) is 10.5 Å². The highest BCUT2D eigenvalue weighted by molar-refractivity contribution is 5.97. The Hall–Kier alpha value is -2.95. The summed E-state index contributed by atoms with van der Waals surface area (Å²) in [5.74, 6) is -0.187. The van der Waals surface area contributed by atoms with Crippen LogP contribution in [0.2, 0.25) is 0 Å². The van der Waals surface area contributed by atoms with Crippen LogP contribution in [0.3, 0.4) is 0 Å². The van der Waals surface area contributed by atoms with Crippen LogP contribution in [0, 0.1) is 13.8 Å². The van der Waals surface area contributed by atoms with Crippen molar-refractivity contribution < 1.29 is 14.1 Å². The molecule has 0 aliphatic rings. The second kappa shape index (κ2) is 6.28. The van der Waals surface area contributed by atoms with Crippen LogP contribution >= 0.6 is 0 Å². The van der Waals surface area contributed by atoms with Crippen molar-refractivity contribution in [3.8, 4) is 0 Å². The van der Waals surface area contributed by atoms with Gasteiger partial charge in [-0.05, 0) is 62.2 Å². The highest BCUT2D eigenvalue weighted by Crippen LogP contribution is 2.24. The summed E-state index contributed by atoms with van der Waals surface area (Å²) in [4.78, 5) is 23.5. The summed E-state index contributed by atoms with van der Waals surface area (Å²) in [6, 6.07) is 10.8. The lowest BCUT2D eigenvalue weighted by molar-refractivity contribution is -0.115. The number of aryl methyl sites for hydroxylation is 2. The molecule has 1 aromatic heterocycles. The quantitative estimate of drug-likeness (QED) is 0.741. The molecule has 0 aliphatic carbocycles. The number of fused-ring (bicyclic) bond motifs is 1. The van der Waals surface area contributed by atoms with E-state index >= 15 is 0 Å². The topological polar surface area (TPSA) is 72.2 Å². The van der Waals surface area contributed by atoms with Gasteiger partial charge in [0.05, 0.1) is 6.42 Å². The third kappa shape index (κ3) is 3.20. The van der Waals surface area contributed by atoms with E-state index in [9.17, 15) is 9.59 Å². The van der Waals surface area contributed by atoms with Crippen molar-refractivity contribution in [3.05, 3.63) is 58.8 Å². The maximum absolute atomic E-state index is 12.3. The number of hydrogen-bond acceptors (Lipinski definition) is 4. The number of carbonyl (C=O) groups excluding carboxylic acids is 2. The van der Waals surface area contributed by atoms with Crippen molar-refractivity contribution in [3.63, 3.8) is 0 Å². The van der Waals surface area contributed by atoms with E-state index in [1.807, 2.05) is 26.0 Å². The smallest absolute Gasteiger partial charge is 0.230 e. The molecule has 5 nitrogen and oxygen atoms in total. The molecule has 0 fully saturated rings. The van der Waals surface area contributed by atoms with Gasteiger partial charge in [0.2, 0.25) is 5.91 Å². The van der Waals surface area contributed by atoms with Crippen molar-refractivity contribution in [2.45, 2.75) is 27.2 Å². The van der Waals surface area contributed by atoms with Crippen molar-refractivity contribution in [1.29, 1.82) is 0 Å². The molecule has 0 aliphatic heterocycles. The van der Waals surface area contributed by atoms with Gasteiger partial charge >= 0.3 is 0 Å². The van der Waals surface area contributed by atoms with Crippen LogP contribution in [-0.4, -0.2) is 16.8 Å². The monoisotopic (exact) mass is 322 g/mol. The second-order valence-corrected chi connectivity index (χ2v) is 5.94. The number of benzene rings is 2. The molecule has 0 unspecified atom stereocenters. The Kier molecular flexibility index (Phi) is 4.16. The molecule has 1 heterocycles. The van der Waals surface area contributed by atoms with E-state index in [4.69, 9.17) is 4.52 Å². The number of aromatic nitrogens is 1. The Morgan fingerprint density at radius 2 is 1.83 bits per heavy atom. The number of ketones is 1. The van der Waals surface area contributed by atoms with E-state index < -0.39 is 0 Å². The first kappa shape index (κ1) is 15.9. The van der Waals surface area contributed by atoms with Crippen molar-refractivity contribution >= 4 is 28.3 Å². The average Bonchev–Trinajstić information content (AvgIpc) is 2.90. The molecule has 3 aromatic rings. The van der Waals surface area contributed by atoms with Crippen LogP contribution in [0.25, 0.3) is 11.0 Å². The zero-order valence-electron chi connectivity index (χ0n) is 13.8. The minimum Gasteiger partial charge on any atom is -0.356 e. The van der Waals surface area contributed by atoms with Crippen molar-refractivity contribution in [1.82, 2.24) is 5.16 Å². The summed E-state index contributed by atoms with van der Waals surface area (Å²) in [6.07, 6.45) is 0.130. The molecule has 2 aromatic carbocycles. The van der Waals surface area contributed by atoms with Gasteiger partial charge in [-0.2, -0.15) is 0 Å². The van der Waals surface area contributed by atoms with Gasteiger partial charge in [-0.1, -0.05) is 11.2 Å². The lowest BCUT2D eigenvalue weighted by Gasteiger charge is -2.05. The number of carbonyl (C=O) groups is 2. The van der Waals surface area contributed by atoms with E-state index in [0.29, 0.717) is 22.5 Å². The Morgan fingerprint density at radius 3 is 2.50 bits per heavy atom. The Balaban J connectivity index is 1.76. The lowest BCUT2D eigenvalue weighted by atomic mass is 10.0. The number of nitrogens with one attached hydrogen (secondary N) is 1. The third-order valence-corrected chi connectivity index (χ3v) is 3.89. The standard InChI is InChI=1S/C19H18N2O3/c1-11-8-12(2)19-16(21-24-17(19)9-11)10-18(23)20-15-6-4-14(5-7-15)13(3)22/h4-9H,10H2,1-3H3,(H,20,23). The first-order valence-corrected chi connectivity index (χ1v) is 7.70. The predicted octanol–water partition coefficient (Wildman–Crippen LogP) is 3.83. The zero-order chi connectivity index (χ0) is 17.3. The first-order valence-electron chi connectivity index (χ1n) is 7.70. The Labute approximate surface area is 139 Å². The maximum atomic E-state index is 12.3. The summed E-state index contributed by atoms with van der Waals surface area (Å²) < 4.78 is 5.34. The van der Waals surface area contributed by atoms with E-state index in [1.54, 1.807) is 24.3 Å². The molecule has 0 spiro atoms. The van der Waals surface area contributed by atoms with Crippen molar-refractivity contribution in [2.24, 2.45) is 0 Å².